The van der Waals surface area contributed by atoms with E-state index in [2.05, 4.69) is 4.74 Å². The minimum absolute atomic E-state index is 0.0770. The lowest BCUT2D eigenvalue weighted by molar-refractivity contribution is -0.144. The Hall–Kier alpha value is -1.84. The predicted molar refractivity (Wildman–Crippen MR) is 67.3 cm³/mol. The van der Waals surface area contributed by atoms with Gasteiger partial charge in [-0.25, -0.2) is 0 Å². The maximum atomic E-state index is 10.8. The zero-order valence-corrected chi connectivity index (χ0v) is 10.5. The Kier molecular flexibility index (Phi) is 7.43. The first-order valence-corrected chi connectivity index (χ1v) is 5.37. The maximum absolute atomic E-state index is 10.8. The Bertz CT molecular complexity index is 347. The summed E-state index contributed by atoms with van der Waals surface area (Å²) in [6, 6.07) is 9.49. The average molecular weight is 237 g/mol. The van der Waals surface area contributed by atoms with E-state index in [1.165, 1.54) is 7.11 Å². The normalized spacial score (nSPS) is 9.18. The fourth-order valence-corrected chi connectivity index (χ4v) is 0.872. The lowest BCUT2D eigenvalue weighted by atomic mass is 10.1. The van der Waals surface area contributed by atoms with Crippen LogP contribution < -0.4 is 5.73 Å². The molecule has 0 spiro atoms. The third-order valence-electron chi connectivity index (χ3n) is 1.99. The molecule has 0 heterocycles. The molecule has 4 heteroatoms. The number of rotatable bonds is 3. The number of carbonyl (C=O) groups is 2. The van der Waals surface area contributed by atoms with Gasteiger partial charge in [0.05, 0.1) is 7.11 Å². The number of nitrogen functional groups attached to an aromatic ring is 1. The number of hydrogen-bond donors (Lipinski definition) is 1. The van der Waals surface area contributed by atoms with Gasteiger partial charge in [0.2, 0.25) is 0 Å². The Labute approximate surface area is 102 Å². The number of nitrogens with two attached hydrogens (primary N) is 1. The molecule has 1 rings (SSSR count). The molecule has 0 atom stereocenters. The van der Waals surface area contributed by atoms with Gasteiger partial charge in [0, 0.05) is 11.6 Å². The van der Waals surface area contributed by atoms with E-state index in [1.807, 2.05) is 30.3 Å². The van der Waals surface area contributed by atoms with E-state index < -0.39 is 5.97 Å². The summed E-state index contributed by atoms with van der Waals surface area (Å²) in [6.07, 6.45) is -0.103. The highest BCUT2D eigenvalue weighted by atomic mass is 16.5. The molecule has 0 aliphatic carbocycles. The molecule has 4 nitrogen and oxygen atoms in total. The number of benzene rings is 1. The summed E-state index contributed by atoms with van der Waals surface area (Å²) in [5.74, 6) is -0.621. The number of para-hydroxylation sites is 1. The molecular weight excluding hydrogens is 218 g/mol. The fourth-order valence-electron chi connectivity index (χ4n) is 0.872. The Morgan fingerprint density at radius 1 is 1.24 bits per heavy atom. The van der Waals surface area contributed by atoms with Crippen LogP contribution in [0, 0.1) is 5.92 Å². The highest BCUT2D eigenvalue weighted by Gasteiger charge is 2.12. The smallest absolute Gasteiger partial charge is 0.313 e. The average Bonchev–Trinajstić information content (AvgIpc) is 2.30. The van der Waals surface area contributed by atoms with Gasteiger partial charge in [0.25, 0.3) is 0 Å². The van der Waals surface area contributed by atoms with Crippen LogP contribution in [-0.2, 0) is 14.3 Å². The summed E-state index contributed by atoms with van der Waals surface area (Å²) in [7, 11) is 1.27. The first kappa shape index (κ1) is 15.2. The van der Waals surface area contributed by atoms with Gasteiger partial charge in [-0.1, -0.05) is 32.0 Å². The van der Waals surface area contributed by atoms with Crippen LogP contribution in [0.15, 0.2) is 30.3 Å². The lowest BCUT2D eigenvalue weighted by Crippen LogP contribution is -2.13. The first-order chi connectivity index (χ1) is 7.97. The molecule has 94 valence electrons. The van der Waals surface area contributed by atoms with Gasteiger partial charge in [-0.3, -0.25) is 9.59 Å². The summed E-state index contributed by atoms with van der Waals surface area (Å²) in [6.45, 7) is 3.51. The van der Waals surface area contributed by atoms with Crippen molar-refractivity contribution >= 4 is 17.4 Å². The molecule has 0 bridgehead atoms. The van der Waals surface area contributed by atoms with Gasteiger partial charge in [-0.05, 0) is 12.1 Å². The quantitative estimate of drug-likeness (QED) is 0.496. The summed E-state index contributed by atoms with van der Waals surface area (Å²) in [4.78, 5) is 21.3. The van der Waals surface area contributed by atoms with Crippen LogP contribution in [0.2, 0.25) is 0 Å². The fraction of sp³-hybridized carbons (Fsp3) is 0.385. The van der Waals surface area contributed by atoms with Crippen molar-refractivity contribution < 1.29 is 14.3 Å². The molecule has 0 aliphatic heterocycles. The van der Waals surface area contributed by atoms with E-state index in [0.29, 0.717) is 0 Å². The van der Waals surface area contributed by atoms with Crippen LogP contribution in [-0.4, -0.2) is 18.9 Å². The standard InChI is InChI=1S/C7H12O3.C6H7N/c1-5(2)6(8)4-7(9)10-3;7-6-4-2-1-3-5-6/h5H,4H2,1-3H3;1-5H,7H2. The van der Waals surface area contributed by atoms with Crippen molar-refractivity contribution in [3.63, 3.8) is 0 Å². The van der Waals surface area contributed by atoms with Crippen LogP contribution in [0.4, 0.5) is 5.69 Å². The molecule has 0 saturated carbocycles. The minimum Gasteiger partial charge on any atom is -0.469 e. The summed E-state index contributed by atoms with van der Waals surface area (Å²) in [5, 5.41) is 0. The maximum Gasteiger partial charge on any atom is 0.313 e. The van der Waals surface area contributed by atoms with Crippen molar-refractivity contribution in [2.75, 3.05) is 12.8 Å². The molecule has 0 unspecified atom stereocenters. The van der Waals surface area contributed by atoms with E-state index in [1.54, 1.807) is 13.8 Å². The molecule has 17 heavy (non-hydrogen) atoms. The lowest BCUT2D eigenvalue weighted by Gasteiger charge is -2.00. The van der Waals surface area contributed by atoms with E-state index in [4.69, 9.17) is 5.73 Å². The van der Waals surface area contributed by atoms with Gasteiger partial charge in [-0.2, -0.15) is 0 Å². The van der Waals surface area contributed by atoms with E-state index in [0.717, 1.165) is 5.69 Å². The topological polar surface area (TPSA) is 69.4 Å². The van der Waals surface area contributed by atoms with Crippen molar-refractivity contribution in [1.82, 2.24) is 0 Å². The van der Waals surface area contributed by atoms with Crippen LogP contribution in [0.25, 0.3) is 0 Å². The zero-order valence-electron chi connectivity index (χ0n) is 10.5. The third kappa shape index (κ3) is 8.02. The number of anilines is 1. The summed E-state index contributed by atoms with van der Waals surface area (Å²) in [5.41, 5.74) is 6.18. The van der Waals surface area contributed by atoms with E-state index >= 15 is 0 Å². The number of ether oxygens (including phenoxy) is 1. The van der Waals surface area contributed by atoms with Gasteiger partial charge in [-0.15, -0.1) is 0 Å². The highest BCUT2D eigenvalue weighted by molar-refractivity contribution is 5.96. The largest absolute Gasteiger partial charge is 0.469 e. The molecular formula is C13H19NO3. The molecule has 0 aromatic heterocycles. The van der Waals surface area contributed by atoms with Gasteiger partial charge < -0.3 is 10.5 Å². The third-order valence-corrected chi connectivity index (χ3v) is 1.99. The first-order valence-electron chi connectivity index (χ1n) is 5.37. The van der Waals surface area contributed by atoms with Crippen LogP contribution in [0.5, 0.6) is 0 Å². The molecule has 0 fully saturated rings. The number of esters is 1. The van der Waals surface area contributed by atoms with E-state index in [-0.39, 0.29) is 18.1 Å². The van der Waals surface area contributed by atoms with Crippen LogP contribution in [0.3, 0.4) is 0 Å². The molecule has 1 aromatic carbocycles. The molecule has 0 radical (unpaired) electrons. The number of Topliss-reactive ketones (excluding diaryl/α,β-unsaturated/α-hetero) is 1. The number of ketones is 1. The Morgan fingerprint density at radius 3 is 2.06 bits per heavy atom. The summed E-state index contributed by atoms with van der Waals surface area (Å²) >= 11 is 0. The minimum atomic E-state index is -0.460. The zero-order chi connectivity index (χ0) is 13.3. The van der Waals surface area contributed by atoms with Gasteiger partial charge >= 0.3 is 5.97 Å². The Balaban J connectivity index is 0.000000318. The predicted octanol–water partition coefficient (Wildman–Crippen LogP) is 2.04. The van der Waals surface area contributed by atoms with Crippen molar-refractivity contribution in [2.24, 2.45) is 5.92 Å². The van der Waals surface area contributed by atoms with Crippen molar-refractivity contribution in [2.45, 2.75) is 20.3 Å². The highest BCUT2D eigenvalue weighted by Crippen LogP contribution is 1.98. The summed E-state index contributed by atoms with van der Waals surface area (Å²) < 4.78 is 4.31. The van der Waals surface area contributed by atoms with Gasteiger partial charge in [0.1, 0.15) is 12.2 Å². The second-order valence-corrected chi connectivity index (χ2v) is 3.78. The van der Waals surface area contributed by atoms with E-state index in [9.17, 15) is 9.59 Å². The van der Waals surface area contributed by atoms with Gasteiger partial charge in [0.15, 0.2) is 0 Å². The molecule has 0 aliphatic rings. The van der Waals surface area contributed by atoms with Crippen LogP contribution in [0.1, 0.15) is 20.3 Å². The second-order valence-electron chi connectivity index (χ2n) is 3.78. The second kappa shape index (κ2) is 8.33. The number of hydrogen-bond acceptors (Lipinski definition) is 4. The van der Waals surface area contributed by atoms with Crippen molar-refractivity contribution in [3.05, 3.63) is 30.3 Å². The van der Waals surface area contributed by atoms with Crippen LogP contribution >= 0.6 is 0 Å². The molecule has 0 saturated heterocycles. The molecule has 1 aromatic rings. The SMILES string of the molecule is COC(=O)CC(=O)C(C)C.Nc1ccccc1. The van der Waals surface area contributed by atoms with Crippen molar-refractivity contribution in [1.29, 1.82) is 0 Å². The van der Waals surface area contributed by atoms with Crippen molar-refractivity contribution in [3.8, 4) is 0 Å². The molecule has 2 N–H and O–H groups in total. The monoisotopic (exact) mass is 237 g/mol. The Morgan fingerprint density at radius 2 is 1.76 bits per heavy atom. The molecule has 0 amide bonds. The number of carbonyl (C=O) groups excluding carboxylic acids is 2. The number of methoxy groups -OCH3 is 1.